The highest BCUT2D eigenvalue weighted by Gasteiger charge is 2.44. The van der Waals surface area contributed by atoms with Crippen LogP contribution in [0.4, 0.5) is 19.0 Å². The van der Waals surface area contributed by atoms with E-state index in [4.69, 9.17) is 4.74 Å². The number of nitrogens with one attached hydrogen (secondary N) is 1. The van der Waals surface area contributed by atoms with Gasteiger partial charge in [-0.2, -0.15) is 18.3 Å². The Morgan fingerprint density at radius 2 is 1.94 bits per heavy atom. The molecule has 11 heteroatoms. The van der Waals surface area contributed by atoms with Crippen molar-refractivity contribution in [3.63, 3.8) is 0 Å². The fourth-order valence-corrected chi connectivity index (χ4v) is 4.72. The summed E-state index contributed by atoms with van der Waals surface area (Å²) in [5.41, 5.74) is 0.106. The monoisotopic (exact) mass is 479 g/mol. The second kappa shape index (κ2) is 10.0. The molecule has 2 aromatic heterocycles. The van der Waals surface area contributed by atoms with Crippen LogP contribution in [0, 0.1) is 11.8 Å². The molecule has 2 fully saturated rings. The number of hydrogen-bond acceptors (Lipinski definition) is 5. The Balaban J connectivity index is 1.35. The molecule has 1 aliphatic heterocycles. The molecular weight excluding hydrogens is 451 g/mol. The highest BCUT2D eigenvalue weighted by molar-refractivity contribution is 6.04. The maximum Gasteiger partial charge on any atom is 0.391 e. The maximum absolute atomic E-state index is 13.1. The highest BCUT2D eigenvalue weighted by atomic mass is 19.4. The lowest BCUT2D eigenvalue weighted by molar-refractivity contribution is -0.185. The molecule has 1 aliphatic carbocycles. The number of anilines is 1. The third kappa shape index (κ3) is 5.51. The van der Waals surface area contributed by atoms with Crippen molar-refractivity contribution in [2.75, 3.05) is 18.5 Å². The largest absolute Gasteiger partial charge is 0.489 e. The molecule has 3 heterocycles. The van der Waals surface area contributed by atoms with E-state index in [9.17, 15) is 22.8 Å². The summed E-state index contributed by atoms with van der Waals surface area (Å²) in [4.78, 5) is 31.6. The third-order valence-electron chi connectivity index (χ3n) is 6.57. The summed E-state index contributed by atoms with van der Waals surface area (Å²) in [5, 5.41) is 6.79. The normalized spacial score (nSPS) is 23.1. The van der Waals surface area contributed by atoms with Gasteiger partial charge in [-0.15, -0.1) is 0 Å². The van der Waals surface area contributed by atoms with Gasteiger partial charge < -0.3 is 15.0 Å². The number of alkyl halides is 3. The van der Waals surface area contributed by atoms with Gasteiger partial charge in [0.1, 0.15) is 6.61 Å². The number of ether oxygens (including phenoxy) is 1. The minimum Gasteiger partial charge on any atom is -0.489 e. The van der Waals surface area contributed by atoms with Crippen LogP contribution in [0.3, 0.4) is 0 Å². The van der Waals surface area contributed by atoms with E-state index in [1.807, 2.05) is 0 Å². The molecule has 1 atom stereocenters. The Hall–Kier alpha value is -3.11. The lowest BCUT2D eigenvalue weighted by Gasteiger charge is -2.33. The number of nitrogens with zero attached hydrogens (tertiary/aromatic N) is 4. The Bertz CT molecular complexity index is 1020. The van der Waals surface area contributed by atoms with E-state index in [1.54, 1.807) is 41.0 Å². The molecule has 0 bridgehead atoms. The van der Waals surface area contributed by atoms with Crippen LogP contribution in [0.15, 0.2) is 30.6 Å². The Morgan fingerprint density at radius 3 is 2.62 bits per heavy atom. The minimum absolute atomic E-state index is 0.000654. The summed E-state index contributed by atoms with van der Waals surface area (Å²) in [5.74, 6) is -1.56. The van der Waals surface area contributed by atoms with Crippen LogP contribution in [-0.2, 0) is 11.8 Å². The number of likely N-dealkylation sites (tertiary alicyclic amines) is 1. The second-order valence-corrected chi connectivity index (χ2v) is 8.91. The van der Waals surface area contributed by atoms with Gasteiger partial charge in [-0.05, 0) is 50.7 Å². The van der Waals surface area contributed by atoms with Gasteiger partial charge in [-0.25, -0.2) is 4.98 Å². The SMILES string of the molecule is Cn1ccc(NC(=O)c2ncccc2OCC2CCCN2C(=O)[C@H]2CC[C@H](C(F)(F)F)CC2)n1. The lowest BCUT2D eigenvalue weighted by Crippen LogP contribution is -2.44. The summed E-state index contributed by atoms with van der Waals surface area (Å²) in [6.45, 7) is 0.741. The van der Waals surface area contributed by atoms with Crippen molar-refractivity contribution < 1.29 is 27.5 Å². The van der Waals surface area contributed by atoms with Crippen molar-refractivity contribution in [1.82, 2.24) is 19.7 Å². The first-order valence-electron chi connectivity index (χ1n) is 11.5. The van der Waals surface area contributed by atoms with Gasteiger partial charge in [0.25, 0.3) is 5.91 Å². The van der Waals surface area contributed by atoms with Gasteiger partial charge in [-0.3, -0.25) is 14.3 Å². The van der Waals surface area contributed by atoms with Crippen molar-refractivity contribution in [2.45, 2.75) is 50.7 Å². The lowest BCUT2D eigenvalue weighted by atomic mass is 9.81. The summed E-state index contributed by atoms with van der Waals surface area (Å²) in [6, 6.07) is 4.76. The Labute approximate surface area is 195 Å². The molecule has 2 aromatic rings. The third-order valence-corrected chi connectivity index (χ3v) is 6.57. The fraction of sp³-hybridized carbons (Fsp3) is 0.565. The van der Waals surface area contributed by atoms with Gasteiger partial charge >= 0.3 is 6.18 Å². The van der Waals surface area contributed by atoms with Crippen LogP contribution in [0.25, 0.3) is 0 Å². The van der Waals surface area contributed by atoms with E-state index in [0.717, 1.165) is 12.8 Å². The van der Waals surface area contributed by atoms with Crippen molar-refractivity contribution in [2.24, 2.45) is 18.9 Å². The molecule has 1 N–H and O–H groups in total. The number of hydrogen-bond donors (Lipinski definition) is 1. The molecule has 1 unspecified atom stereocenters. The smallest absolute Gasteiger partial charge is 0.391 e. The van der Waals surface area contributed by atoms with Gasteiger partial charge in [0, 0.05) is 38.0 Å². The van der Waals surface area contributed by atoms with Crippen LogP contribution in [0.2, 0.25) is 0 Å². The van der Waals surface area contributed by atoms with Gasteiger partial charge in [-0.1, -0.05) is 0 Å². The number of carbonyl (C=O) groups excluding carboxylic acids is 2. The van der Waals surface area contributed by atoms with E-state index < -0.39 is 18.0 Å². The second-order valence-electron chi connectivity index (χ2n) is 8.91. The molecule has 0 radical (unpaired) electrons. The zero-order valence-electron chi connectivity index (χ0n) is 18.9. The number of aromatic nitrogens is 3. The molecule has 2 aliphatic rings. The zero-order valence-corrected chi connectivity index (χ0v) is 18.9. The summed E-state index contributed by atoms with van der Waals surface area (Å²) >= 11 is 0. The van der Waals surface area contributed by atoms with E-state index >= 15 is 0 Å². The molecule has 2 amide bonds. The Kier molecular flexibility index (Phi) is 7.08. The van der Waals surface area contributed by atoms with Crippen molar-refractivity contribution >= 4 is 17.6 Å². The van der Waals surface area contributed by atoms with Gasteiger partial charge in [0.2, 0.25) is 5.91 Å². The quantitative estimate of drug-likeness (QED) is 0.681. The van der Waals surface area contributed by atoms with Gasteiger partial charge in [0.15, 0.2) is 17.3 Å². The van der Waals surface area contributed by atoms with Crippen LogP contribution < -0.4 is 10.1 Å². The fourth-order valence-electron chi connectivity index (χ4n) is 4.72. The summed E-state index contributed by atoms with van der Waals surface area (Å²) < 4.78 is 46.4. The molecule has 34 heavy (non-hydrogen) atoms. The average molecular weight is 480 g/mol. The summed E-state index contributed by atoms with van der Waals surface area (Å²) in [7, 11) is 1.74. The summed E-state index contributed by atoms with van der Waals surface area (Å²) in [6.07, 6.45) is 1.05. The molecule has 1 saturated heterocycles. The first-order valence-corrected chi connectivity index (χ1v) is 11.5. The predicted octanol–water partition coefficient (Wildman–Crippen LogP) is 3.81. The van der Waals surface area contributed by atoms with E-state index in [2.05, 4.69) is 15.4 Å². The standard InChI is InChI=1S/C23H28F3N5O3/c1-30-13-10-19(29-30)28-21(32)20-18(5-2-11-27-20)34-14-17-4-3-12-31(17)22(33)15-6-8-16(9-7-15)23(24,25)26/h2,5,10-11,13,15-17H,3-4,6-9,12,14H2,1H3,(H,28,29,32)/t15-,16-,17?. The molecular formula is C23H28F3N5O3. The minimum atomic E-state index is -4.19. The number of aryl methyl sites for hydroxylation is 1. The number of amides is 2. The van der Waals surface area contributed by atoms with Crippen LogP contribution in [-0.4, -0.2) is 56.8 Å². The van der Waals surface area contributed by atoms with Crippen molar-refractivity contribution in [1.29, 1.82) is 0 Å². The van der Waals surface area contributed by atoms with E-state index in [0.29, 0.717) is 18.1 Å². The number of carbonyl (C=O) groups is 2. The number of rotatable bonds is 6. The molecule has 4 rings (SSSR count). The van der Waals surface area contributed by atoms with Crippen LogP contribution in [0.5, 0.6) is 5.75 Å². The van der Waals surface area contributed by atoms with E-state index in [-0.39, 0.29) is 55.9 Å². The van der Waals surface area contributed by atoms with Crippen LogP contribution >= 0.6 is 0 Å². The predicted molar refractivity (Wildman–Crippen MR) is 117 cm³/mol. The molecule has 0 aromatic carbocycles. The van der Waals surface area contributed by atoms with Gasteiger partial charge in [0.05, 0.1) is 12.0 Å². The maximum atomic E-state index is 13.1. The first kappa shape index (κ1) is 24.0. The molecule has 184 valence electrons. The molecule has 8 nitrogen and oxygen atoms in total. The number of pyridine rings is 1. The zero-order chi connectivity index (χ0) is 24.3. The van der Waals surface area contributed by atoms with Crippen molar-refractivity contribution in [3.8, 4) is 5.75 Å². The topological polar surface area (TPSA) is 89.4 Å². The molecule has 0 spiro atoms. The van der Waals surface area contributed by atoms with Crippen LogP contribution in [0.1, 0.15) is 49.0 Å². The Morgan fingerprint density at radius 1 is 1.18 bits per heavy atom. The van der Waals surface area contributed by atoms with E-state index in [1.165, 1.54) is 6.20 Å². The average Bonchev–Trinajstić information content (AvgIpc) is 3.45. The number of halogens is 3. The highest BCUT2D eigenvalue weighted by Crippen LogP contribution is 2.40. The van der Waals surface area contributed by atoms with Crippen molar-refractivity contribution in [3.05, 3.63) is 36.3 Å². The molecule has 1 saturated carbocycles. The first-order chi connectivity index (χ1) is 16.2.